The van der Waals surface area contributed by atoms with E-state index in [0.29, 0.717) is 16.5 Å². The van der Waals surface area contributed by atoms with Crippen LogP contribution in [0.4, 0.5) is 17.2 Å². The van der Waals surface area contributed by atoms with E-state index < -0.39 is 10.6 Å². The standard InChI is InChI=1S/C17H13Cl2N5O3/c1-9-6-11(7-10(2)13(9)18)27-17-14(24(25)26)16(21-8-22-17)23-12-4-3-5-20-15(12)19/h3-8H,1-2H3,(H,21,22,23). The van der Waals surface area contributed by atoms with Gasteiger partial charge >= 0.3 is 11.6 Å². The smallest absolute Gasteiger partial charge is 0.373 e. The van der Waals surface area contributed by atoms with Crippen LogP contribution >= 0.6 is 23.2 Å². The number of halogens is 2. The minimum absolute atomic E-state index is 0.0673. The molecular formula is C17H13Cl2N5O3. The normalized spacial score (nSPS) is 10.5. The molecule has 0 unspecified atom stereocenters. The Morgan fingerprint density at radius 3 is 2.48 bits per heavy atom. The van der Waals surface area contributed by atoms with Crippen molar-refractivity contribution < 1.29 is 9.66 Å². The maximum atomic E-state index is 11.6. The number of nitrogens with one attached hydrogen (secondary N) is 1. The number of aromatic nitrogens is 3. The number of nitro groups is 1. The van der Waals surface area contributed by atoms with E-state index in [-0.39, 0.29) is 16.9 Å². The molecular weight excluding hydrogens is 393 g/mol. The Morgan fingerprint density at radius 1 is 1.15 bits per heavy atom. The van der Waals surface area contributed by atoms with E-state index in [1.54, 1.807) is 24.3 Å². The summed E-state index contributed by atoms with van der Waals surface area (Å²) in [5, 5.41) is 15.2. The highest BCUT2D eigenvalue weighted by atomic mass is 35.5. The average molecular weight is 406 g/mol. The van der Waals surface area contributed by atoms with Crippen molar-refractivity contribution in [3.8, 4) is 11.6 Å². The second-order valence-electron chi connectivity index (χ2n) is 5.57. The van der Waals surface area contributed by atoms with Gasteiger partial charge in [-0.15, -0.1) is 0 Å². The number of hydrogen-bond donors (Lipinski definition) is 1. The molecule has 0 aliphatic rings. The Hall–Kier alpha value is -2.97. The van der Waals surface area contributed by atoms with Crippen molar-refractivity contribution in [2.24, 2.45) is 0 Å². The molecule has 0 atom stereocenters. The molecule has 27 heavy (non-hydrogen) atoms. The lowest BCUT2D eigenvalue weighted by Gasteiger charge is -2.11. The van der Waals surface area contributed by atoms with Crippen LogP contribution in [-0.4, -0.2) is 19.9 Å². The van der Waals surface area contributed by atoms with Gasteiger partial charge in [0.05, 0.1) is 10.6 Å². The maximum Gasteiger partial charge on any atom is 0.373 e. The van der Waals surface area contributed by atoms with Gasteiger partial charge in [0, 0.05) is 11.2 Å². The summed E-state index contributed by atoms with van der Waals surface area (Å²) in [6, 6.07) is 6.60. The first-order valence-electron chi connectivity index (χ1n) is 7.68. The molecule has 0 amide bonds. The molecule has 10 heteroatoms. The highest BCUT2D eigenvalue weighted by molar-refractivity contribution is 6.32. The molecule has 2 heterocycles. The van der Waals surface area contributed by atoms with Crippen LogP contribution in [0.25, 0.3) is 0 Å². The molecule has 1 N–H and O–H groups in total. The summed E-state index contributed by atoms with van der Waals surface area (Å²) in [5.74, 6) is 0.0995. The number of nitrogens with zero attached hydrogens (tertiary/aromatic N) is 4. The van der Waals surface area contributed by atoms with Crippen LogP contribution in [0.15, 0.2) is 36.8 Å². The van der Waals surface area contributed by atoms with E-state index in [4.69, 9.17) is 27.9 Å². The van der Waals surface area contributed by atoms with Crippen LogP contribution in [0.3, 0.4) is 0 Å². The van der Waals surface area contributed by atoms with Gasteiger partial charge in [0.25, 0.3) is 0 Å². The van der Waals surface area contributed by atoms with E-state index in [0.717, 1.165) is 17.5 Å². The molecule has 138 valence electrons. The summed E-state index contributed by atoms with van der Waals surface area (Å²) in [7, 11) is 0. The molecule has 0 fully saturated rings. The summed E-state index contributed by atoms with van der Waals surface area (Å²) in [6.45, 7) is 3.63. The Bertz CT molecular complexity index is 1010. The minimum atomic E-state index is -0.627. The lowest BCUT2D eigenvalue weighted by atomic mass is 10.1. The van der Waals surface area contributed by atoms with Gasteiger partial charge in [-0.1, -0.05) is 23.2 Å². The second kappa shape index (κ2) is 7.73. The molecule has 3 rings (SSSR count). The van der Waals surface area contributed by atoms with Crippen LogP contribution in [-0.2, 0) is 0 Å². The van der Waals surface area contributed by atoms with Crippen molar-refractivity contribution in [1.82, 2.24) is 15.0 Å². The molecule has 3 aromatic rings. The summed E-state index contributed by atoms with van der Waals surface area (Å²) in [6.07, 6.45) is 2.66. The van der Waals surface area contributed by atoms with Gasteiger partial charge in [-0.3, -0.25) is 10.1 Å². The second-order valence-corrected chi connectivity index (χ2v) is 6.31. The highest BCUT2D eigenvalue weighted by Crippen LogP contribution is 2.37. The minimum Gasteiger partial charge on any atom is -0.434 e. The zero-order valence-electron chi connectivity index (χ0n) is 14.2. The van der Waals surface area contributed by atoms with Crippen LogP contribution < -0.4 is 10.1 Å². The van der Waals surface area contributed by atoms with E-state index >= 15 is 0 Å². The predicted molar refractivity (Wildman–Crippen MR) is 102 cm³/mol. The fourth-order valence-corrected chi connectivity index (χ4v) is 2.65. The first kappa shape index (κ1) is 18.8. The molecule has 8 nitrogen and oxygen atoms in total. The van der Waals surface area contributed by atoms with E-state index in [1.165, 1.54) is 6.20 Å². The summed E-state index contributed by atoms with van der Waals surface area (Å²) in [5.41, 5.74) is 1.50. The molecule has 0 aliphatic carbocycles. The van der Waals surface area contributed by atoms with Gasteiger partial charge in [-0.25, -0.2) is 9.97 Å². The van der Waals surface area contributed by atoms with Crippen molar-refractivity contribution in [3.05, 3.63) is 68.2 Å². The van der Waals surface area contributed by atoms with Crippen molar-refractivity contribution in [3.63, 3.8) is 0 Å². The number of benzene rings is 1. The number of aryl methyl sites for hydroxylation is 2. The highest BCUT2D eigenvalue weighted by Gasteiger charge is 2.26. The SMILES string of the molecule is Cc1cc(Oc2ncnc(Nc3cccnc3Cl)c2[N+](=O)[O-])cc(C)c1Cl. The van der Waals surface area contributed by atoms with Gasteiger partial charge in [0.2, 0.25) is 5.82 Å². The van der Waals surface area contributed by atoms with Gasteiger partial charge < -0.3 is 10.1 Å². The zero-order chi connectivity index (χ0) is 19.6. The number of hydrogen-bond acceptors (Lipinski definition) is 7. The van der Waals surface area contributed by atoms with Crippen LogP contribution in [0.5, 0.6) is 11.6 Å². The van der Waals surface area contributed by atoms with Crippen molar-refractivity contribution in [2.45, 2.75) is 13.8 Å². The zero-order valence-corrected chi connectivity index (χ0v) is 15.7. The Labute approximate surface area is 164 Å². The molecule has 0 bridgehead atoms. The van der Waals surface area contributed by atoms with Gasteiger partial charge in [-0.2, -0.15) is 4.98 Å². The summed E-state index contributed by atoms with van der Waals surface area (Å²) >= 11 is 12.1. The molecule has 0 radical (unpaired) electrons. The molecule has 1 aromatic carbocycles. The number of ether oxygens (including phenoxy) is 1. The maximum absolute atomic E-state index is 11.6. The number of rotatable bonds is 5. The Kier molecular flexibility index (Phi) is 5.38. The Balaban J connectivity index is 2.02. The quantitative estimate of drug-likeness (QED) is 0.351. The van der Waals surface area contributed by atoms with Crippen molar-refractivity contribution >= 4 is 40.4 Å². The van der Waals surface area contributed by atoms with Crippen molar-refractivity contribution in [1.29, 1.82) is 0 Å². The molecule has 0 saturated carbocycles. The number of anilines is 2. The first-order valence-corrected chi connectivity index (χ1v) is 8.44. The third-order valence-corrected chi connectivity index (χ3v) is 4.51. The lowest BCUT2D eigenvalue weighted by Crippen LogP contribution is -2.04. The molecule has 0 spiro atoms. The topological polar surface area (TPSA) is 103 Å². The Morgan fingerprint density at radius 2 is 1.85 bits per heavy atom. The monoisotopic (exact) mass is 405 g/mol. The fraction of sp³-hybridized carbons (Fsp3) is 0.118. The van der Waals surface area contributed by atoms with Crippen LogP contribution in [0, 0.1) is 24.0 Å². The molecule has 0 saturated heterocycles. The third-order valence-electron chi connectivity index (χ3n) is 3.61. The fourth-order valence-electron chi connectivity index (χ4n) is 2.38. The van der Waals surface area contributed by atoms with E-state index in [9.17, 15) is 10.1 Å². The average Bonchev–Trinajstić information content (AvgIpc) is 2.61. The molecule has 0 aliphatic heterocycles. The third kappa shape index (κ3) is 4.07. The summed E-state index contributed by atoms with van der Waals surface area (Å²) < 4.78 is 5.66. The predicted octanol–water partition coefficient (Wildman–Crippen LogP) is 5.24. The van der Waals surface area contributed by atoms with Gasteiger partial charge in [0.1, 0.15) is 12.1 Å². The van der Waals surface area contributed by atoms with E-state index in [2.05, 4.69) is 20.3 Å². The van der Waals surface area contributed by atoms with Gasteiger partial charge in [-0.05, 0) is 49.2 Å². The van der Waals surface area contributed by atoms with Crippen LogP contribution in [0.1, 0.15) is 11.1 Å². The summed E-state index contributed by atoms with van der Waals surface area (Å²) in [4.78, 5) is 22.8. The number of pyridine rings is 1. The van der Waals surface area contributed by atoms with E-state index in [1.807, 2.05) is 13.8 Å². The first-order chi connectivity index (χ1) is 12.9. The van der Waals surface area contributed by atoms with Gasteiger partial charge in [0.15, 0.2) is 5.15 Å². The van der Waals surface area contributed by atoms with Crippen molar-refractivity contribution in [2.75, 3.05) is 5.32 Å². The lowest BCUT2D eigenvalue weighted by molar-refractivity contribution is -0.385. The largest absolute Gasteiger partial charge is 0.434 e. The van der Waals surface area contributed by atoms with Crippen LogP contribution in [0.2, 0.25) is 10.2 Å². The molecule has 2 aromatic heterocycles.